The third-order valence-electron chi connectivity index (χ3n) is 5.06. The maximum absolute atomic E-state index is 12.4. The largest absolute Gasteiger partial charge is 0.317 e. The van der Waals surface area contributed by atoms with Crippen molar-refractivity contribution in [1.82, 2.24) is 10.6 Å². The van der Waals surface area contributed by atoms with Crippen LogP contribution in [-0.2, 0) is 9.59 Å². The van der Waals surface area contributed by atoms with Gasteiger partial charge in [0.2, 0.25) is 0 Å². The van der Waals surface area contributed by atoms with Gasteiger partial charge in [0.15, 0.2) is 11.6 Å². The van der Waals surface area contributed by atoms with E-state index in [1.165, 1.54) is 0 Å². The van der Waals surface area contributed by atoms with Gasteiger partial charge in [0.1, 0.15) is 0 Å². The molecule has 1 saturated carbocycles. The first kappa shape index (κ1) is 15.6. The van der Waals surface area contributed by atoms with Crippen LogP contribution in [0.3, 0.4) is 0 Å². The Kier molecular flexibility index (Phi) is 5.21. The predicted molar refractivity (Wildman–Crippen MR) is 86.6 cm³/mol. The summed E-state index contributed by atoms with van der Waals surface area (Å²) in [6, 6.07) is 0. The average Bonchev–Trinajstić information content (AvgIpc) is 2.54. The lowest BCUT2D eigenvalue weighted by atomic mass is 9.82. The quantitative estimate of drug-likeness (QED) is 0.763. The summed E-state index contributed by atoms with van der Waals surface area (Å²) in [4.78, 5) is 24.8. The molecule has 0 spiro atoms. The van der Waals surface area contributed by atoms with Gasteiger partial charge in [-0.25, -0.2) is 0 Å². The molecule has 3 aliphatic rings. The molecule has 3 fully saturated rings. The van der Waals surface area contributed by atoms with Crippen LogP contribution in [0.5, 0.6) is 0 Å². The second-order valence-corrected chi connectivity index (χ2v) is 6.76. The molecular formula is C18H26N2O2. The highest BCUT2D eigenvalue weighted by molar-refractivity contribution is 6.14. The van der Waals surface area contributed by atoms with E-state index in [1.54, 1.807) is 0 Å². The molecule has 120 valence electrons. The normalized spacial score (nSPS) is 29.5. The smallest absolute Gasteiger partial charge is 0.163 e. The summed E-state index contributed by atoms with van der Waals surface area (Å²) < 4.78 is 0. The Morgan fingerprint density at radius 1 is 0.682 bits per heavy atom. The molecule has 2 saturated heterocycles. The van der Waals surface area contributed by atoms with E-state index in [1.807, 2.05) is 0 Å². The first-order valence-electron chi connectivity index (χ1n) is 8.61. The third kappa shape index (κ3) is 3.93. The molecule has 0 bridgehead atoms. The first-order valence-corrected chi connectivity index (χ1v) is 8.61. The Hall–Kier alpha value is -1.26. The van der Waals surface area contributed by atoms with Crippen LogP contribution < -0.4 is 10.6 Å². The number of rotatable bonds is 2. The number of carbonyl (C=O) groups excluding carboxylic acids is 2. The minimum absolute atomic E-state index is 0.165. The van der Waals surface area contributed by atoms with Gasteiger partial charge < -0.3 is 10.6 Å². The summed E-state index contributed by atoms with van der Waals surface area (Å²) in [5.74, 6) is 1.25. The lowest BCUT2D eigenvalue weighted by Crippen LogP contribution is -2.29. The van der Waals surface area contributed by atoms with Crippen molar-refractivity contribution in [1.29, 1.82) is 0 Å². The van der Waals surface area contributed by atoms with E-state index >= 15 is 0 Å². The maximum Gasteiger partial charge on any atom is 0.163 e. The highest BCUT2D eigenvalue weighted by Crippen LogP contribution is 2.27. The van der Waals surface area contributed by atoms with Crippen LogP contribution in [0.15, 0.2) is 23.3 Å². The fourth-order valence-electron chi connectivity index (χ4n) is 3.66. The average molecular weight is 302 g/mol. The van der Waals surface area contributed by atoms with Gasteiger partial charge in [-0.1, -0.05) is 12.2 Å². The Bertz CT molecular complexity index is 449. The number of hydrogen-bond acceptors (Lipinski definition) is 4. The van der Waals surface area contributed by atoms with Gasteiger partial charge in [-0.2, -0.15) is 0 Å². The molecule has 0 aromatic carbocycles. The van der Waals surface area contributed by atoms with Crippen LogP contribution >= 0.6 is 0 Å². The van der Waals surface area contributed by atoms with E-state index < -0.39 is 0 Å². The van der Waals surface area contributed by atoms with E-state index in [9.17, 15) is 9.59 Å². The zero-order valence-electron chi connectivity index (χ0n) is 13.2. The van der Waals surface area contributed by atoms with Crippen LogP contribution in [-0.4, -0.2) is 37.7 Å². The number of nitrogens with one attached hydrogen (secondary N) is 2. The summed E-state index contributed by atoms with van der Waals surface area (Å²) in [5.41, 5.74) is 1.53. The molecule has 1 aliphatic carbocycles. The van der Waals surface area contributed by atoms with Crippen molar-refractivity contribution in [2.75, 3.05) is 26.2 Å². The first-order chi connectivity index (χ1) is 10.7. The second kappa shape index (κ2) is 7.34. The summed E-state index contributed by atoms with van der Waals surface area (Å²) in [5, 5.41) is 6.66. The monoisotopic (exact) mass is 302 g/mol. The van der Waals surface area contributed by atoms with Crippen molar-refractivity contribution in [3.05, 3.63) is 23.3 Å². The van der Waals surface area contributed by atoms with Gasteiger partial charge >= 0.3 is 0 Å². The topological polar surface area (TPSA) is 58.2 Å². The van der Waals surface area contributed by atoms with E-state index in [0.717, 1.165) is 63.0 Å². The Morgan fingerprint density at radius 2 is 1.05 bits per heavy atom. The van der Waals surface area contributed by atoms with Crippen molar-refractivity contribution < 1.29 is 9.59 Å². The molecule has 4 heteroatoms. The molecule has 4 nitrogen and oxygen atoms in total. The summed E-state index contributed by atoms with van der Waals surface area (Å²) in [7, 11) is 0. The van der Waals surface area contributed by atoms with Gasteiger partial charge in [0.05, 0.1) is 0 Å². The number of carbonyl (C=O) groups is 2. The lowest BCUT2D eigenvalue weighted by molar-refractivity contribution is -0.122. The van der Waals surface area contributed by atoms with Gasteiger partial charge in [0, 0.05) is 12.8 Å². The highest BCUT2D eigenvalue weighted by atomic mass is 16.1. The molecule has 0 aromatic rings. The molecule has 22 heavy (non-hydrogen) atoms. The van der Waals surface area contributed by atoms with Crippen LogP contribution in [0.2, 0.25) is 0 Å². The molecule has 2 heterocycles. The lowest BCUT2D eigenvalue weighted by Gasteiger charge is -2.24. The second-order valence-electron chi connectivity index (χ2n) is 6.76. The van der Waals surface area contributed by atoms with Crippen molar-refractivity contribution in [3.8, 4) is 0 Å². The zero-order valence-corrected chi connectivity index (χ0v) is 13.2. The molecule has 2 aliphatic heterocycles. The predicted octanol–water partition coefficient (Wildman–Crippen LogP) is 1.77. The SMILES string of the molecule is O=C1C/C(=C\C2CCNCC2)C(=O)C/C1=C\C1CCNCC1. The Balaban J connectivity index is 1.65. The molecule has 3 rings (SSSR count). The molecule has 0 amide bonds. The van der Waals surface area contributed by atoms with E-state index in [2.05, 4.69) is 22.8 Å². The van der Waals surface area contributed by atoms with E-state index in [0.29, 0.717) is 24.7 Å². The van der Waals surface area contributed by atoms with Crippen LogP contribution in [0.25, 0.3) is 0 Å². The summed E-state index contributed by atoms with van der Waals surface area (Å²) in [6.07, 6.45) is 9.10. The van der Waals surface area contributed by atoms with Crippen LogP contribution in [0.4, 0.5) is 0 Å². The zero-order chi connectivity index (χ0) is 15.4. The van der Waals surface area contributed by atoms with Gasteiger partial charge in [-0.3, -0.25) is 9.59 Å². The standard InChI is InChI=1S/C18H26N2O2/c21-17-12-16(10-14-3-7-20-8-4-14)18(22)11-15(17)9-13-1-5-19-6-2-13/h9-10,13-14,19-20H,1-8,11-12H2/b15-9+,16-10+. The van der Waals surface area contributed by atoms with Crippen molar-refractivity contribution in [2.24, 2.45) is 11.8 Å². The summed E-state index contributed by atoms with van der Waals surface area (Å²) >= 11 is 0. The maximum atomic E-state index is 12.4. The fourth-order valence-corrected chi connectivity index (χ4v) is 3.66. The van der Waals surface area contributed by atoms with Gasteiger partial charge in [0.25, 0.3) is 0 Å². The van der Waals surface area contributed by atoms with Crippen molar-refractivity contribution in [2.45, 2.75) is 38.5 Å². The summed E-state index contributed by atoms with van der Waals surface area (Å²) in [6.45, 7) is 4.05. The number of Topliss-reactive ketones (excluding diaryl/α,β-unsaturated/α-hetero) is 2. The molecule has 0 atom stereocenters. The van der Waals surface area contributed by atoms with E-state index in [4.69, 9.17) is 0 Å². The van der Waals surface area contributed by atoms with Gasteiger partial charge in [-0.15, -0.1) is 0 Å². The Morgan fingerprint density at radius 3 is 1.41 bits per heavy atom. The van der Waals surface area contributed by atoms with Gasteiger partial charge in [-0.05, 0) is 74.8 Å². The highest BCUT2D eigenvalue weighted by Gasteiger charge is 2.27. The van der Waals surface area contributed by atoms with Crippen molar-refractivity contribution >= 4 is 11.6 Å². The fraction of sp³-hybridized carbons (Fsp3) is 0.667. The molecule has 0 radical (unpaired) electrons. The third-order valence-corrected chi connectivity index (χ3v) is 5.06. The van der Waals surface area contributed by atoms with E-state index in [-0.39, 0.29) is 11.6 Å². The Labute approximate surface area is 132 Å². The minimum Gasteiger partial charge on any atom is -0.317 e. The number of ketones is 2. The number of hydrogen-bond donors (Lipinski definition) is 2. The van der Waals surface area contributed by atoms with Crippen molar-refractivity contribution in [3.63, 3.8) is 0 Å². The molecular weight excluding hydrogens is 276 g/mol. The number of allylic oxidation sites excluding steroid dienone is 4. The molecule has 0 aromatic heterocycles. The number of piperidine rings is 2. The molecule has 2 N–H and O–H groups in total. The van der Waals surface area contributed by atoms with Crippen LogP contribution in [0, 0.1) is 11.8 Å². The van der Waals surface area contributed by atoms with Crippen LogP contribution in [0.1, 0.15) is 38.5 Å². The molecule has 0 unspecified atom stereocenters. The minimum atomic E-state index is 0.165.